The van der Waals surface area contributed by atoms with E-state index in [0.29, 0.717) is 15.0 Å². The first-order valence-electron chi connectivity index (χ1n) is 9.53. The molecule has 0 saturated carbocycles. The van der Waals surface area contributed by atoms with Crippen LogP contribution in [0.4, 0.5) is 0 Å². The van der Waals surface area contributed by atoms with E-state index in [2.05, 4.69) is 63.0 Å². The van der Waals surface area contributed by atoms with Crippen LogP contribution in [0.1, 0.15) is 64.9 Å². The van der Waals surface area contributed by atoms with E-state index in [4.69, 9.17) is 0 Å². The van der Waals surface area contributed by atoms with Crippen molar-refractivity contribution in [2.45, 2.75) is 78.4 Å². The molecule has 1 aromatic rings. The van der Waals surface area contributed by atoms with Crippen LogP contribution in [0, 0.1) is 0 Å². The van der Waals surface area contributed by atoms with Crippen molar-refractivity contribution in [3.63, 3.8) is 0 Å². The minimum absolute atomic E-state index is 0.682. The van der Waals surface area contributed by atoms with Gasteiger partial charge in [0.25, 0.3) is 0 Å². The molecule has 0 atom stereocenters. The van der Waals surface area contributed by atoms with Crippen LogP contribution < -0.4 is 0 Å². The Kier molecular flexibility index (Phi) is 11.7. The van der Waals surface area contributed by atoms with Gasteiger partial charge < -0.3 is 0 Å². The van der Waals surface area contributed by atoms with Crippen molar-refractivity contribution in [3.05, 3.63) is 38.4 Å². The van der Waals surface area contributed by atoms with Crippen molar-refractivity contribution in [1.82, 2.24) is 0 Å². The van der Waals surface area contributed by atoms with E-state index in [9.17, 15) is 0 Å². The fraction of sp³-hybridized carbons (Fsp3) is 0.619. The zero-order valence-electron chi connectivity index (χ0n) is 15.7. The fourth-order valence-corrected chi connectivity index (χ4v) is 30.0. The quantitative estimate of drug-likeness (QED) is 0.275. The first kappa shape index (κ1) is 21.3. The summed E-state index contributed by atoms with van der Waals surface area (Å²) in [6, 6.07) is 11.1. The van der Waals surface area contributed by atoms with Crippen molar-refractivity contribution in [3.8, 4) is 0 Å². The first-order valence-corrected chi connectivity index (χ1v) is 19.6. The molecule has 1 rings (SSSR count). The van der Waals surface area contributed by atoms with Gasteiger partial charge in [-0.15, -0.1) is 0 Å². The second kappa shape index (κ2) is 12.6. The summed E-state index contributed by atoms with van der Waals surface area (Å²) in [5, 5.41) is 0. The van der Waals surface area contributed by atoms with E-state index in [1.165, 1.54) is 44.1 Å². The van der Waals surface area contributed by atoms with Gasteiger partial charge in [0.2, 0.25) is 0 Å². The molecule has 0 spiro atoms. The molecule has 0 saturated heterocycles. The van der Waals surface area contributed by atoms with Crippen molar-refractivity contribution < 1.29 is 0 Å². The molecule has 2 heteroatoms. The SMILES string of the molecule is CCC[CH2][Sn]([CH2]CCC)([CH2]CCC)/[C](=C/c1ccccc1)[Se]C. The average molecular weight is 486 g/mol. The third-order valence-electron chi connectivity index (χ3n) is 4.87. The molecule has 0 nitrogen and oxygen atoms in total. The van der Waals surface area contributed by atoms with Crippen molar-refractivity contribution in [2.75, 3.05) is 0 Å². The summed E-state index contributed by atoms with van der Waals surface area (Å²) in [4.78, 5) is 0. The van der Waals surface area contributed by atoms with E-state index < -0.39 is 18.4 Å². The van der Waals surface area contributed by atoms with E-state index in [-0.39, 0.29) is 0 Å². The van der Waals surface area contributed by atoms with Gasteiger partial charge in [0.15, 0.2) is 0 Å². The Morgan fingerprint density at radius 2 is 1.35 bits per heavy atom. The Hall–Kier alpha value is 0.278. The summed E-state index contributed by atoms with van der Waals surface area (Å²) < 4.78 is 6.76. The van der Waals surface area contributed by atoms with Gasteiger partial charge in [-0.1, -0.05) is 0 Å². The maximum atomic E-state index is 2.62. The predicted molar refractivity (Wildman–Crippen MR) is 111 cm³/mol. The van der Waals surface area contributed by atoms with E-state index >= 15 is 0 Å². The third-order valence-corrected chi connectivity index (χ3v) is 29.8. The van der Waals surface area contributed by atoms with Gasteiger partial charge in [0.05, 0.1) is 0 Å². The number of hydrogen-bond donors (Lipinski definition) is 0. The topological polar surface area (TPSA) is 0 Å². The molecule has 0 aromatic heterocycles. The minimum atomic E-state index is -2.18. The number of hydrogen-bond acceptors (Lipinski definition) is 0. The number of benzene rings is 1. The fourth-order valence-electron chi connectivity index (χ4n) is 3.42. The second-order valence-corrected chi connectivity index (χ2v) is 23.9. The van der Waals surface area contributed by atoms with Crippen LogP contribution in [-0.2, 0) is 0 Å². The summed E-state index contributed by atoms with van der Waals surface area (Å²) in [5.74, 6) is 2.47. The van der Waals surface area contributed by atoms with Crippen molar-refractivity contribution >= 4 is 39.4 Å². The molecule has 23 heavy (non-hydrogen) atoms. The van der Waals surface area contributed by atoms with Gasteiger partial charge >= 0.3 is 156 Å². The molecule has 0 unspecified atom stereocenters. The van der Waals surface area contributed by atoms with Crippen LogP contribution in [0.2, 0.25) is 19.1 Å². The molecule has 0 aliphatic heterocycles. The van der Waals surface area contributed by atoms with Gasteiger partial charge in [0.1, 0.15) is 0 Å². The van der Waals surface area contributed by atoms with Gasteiger partial charge in [-0.05, 0) is 0 Å². The monoisotopic (exact) mass is 488 g/mol. The Morgan fingerprint density at radius 3 is 1.74 bits per heavy atom. The summed E-state index contributed by atoms with van der Waals surface area (Å²) in [6.07, 6.45) is 11.1. The van der Waals surface area contributed by atoms with Crippen molar-refractivity contribution in [1.29, 1.82) is 0 Å². The van der Waals surface area contributed by atoms with E-state index in [0.717, 1.165) is 0 Å². The van der Waals surface area contributed by atoms with Crippen molar-refractivity contribution in [2.24, 2.45) is 0 Å². The van der Waals surface area contributed by atoms with Crippen LogP contribution in [0.3, 0.4) is 0 Å². The normalized spacial score (nSPS) is 12.6. The molecular weight excluding hydrogens is 450 g/mol. The average Bonchev–Trinajstić information content (AvgIpc) is 2.60. The standard InChI is InChI=1S/C9H9Se.3C4H9.Sn/c1-10-8-7-9-5-3-2-4-6-9;3*1-3-4-2;/h2-7H,1H3;3*1,3-4H2,2H3;. The van der Waals surface area contributed by atoms with Crippen LogP contribution in [-0.4, -0.2) is 33.3 Å². The summed E-state index contributed by atoms with van der Waals surface area (Å²) in [6.45, 7) is 7.11. The Balaban J connectivity index is 3.15. The Bertz CT molecular complexity index is 417. The Labute approximate surface area is 155 Å². The third kappa shape index (κ3) is 7.36. The molecule has 0 bridgehead atoms. The Morgan fingerprint density at radius 1 is 0.870 bits per heavy atom. The summed E-state index contributed by atoms with van der Waals surface area (Å²) >= 11 is -1.49. The van der Waals surface area contributed by atoms with Crippen LogP contribution in [0.15, 0.2) is 32.8 Å². The molecule has 0 radical (unpaired) electrons. The van der Waals surface area contributed by atoms with E-state index in [1.807, 2.05) is 2.49 Å². The first-order chi connectivity index (χ1) is 11.2. The van der Waals surface area contributed by atoms with Crippen LogP contribution >= 0.6 is 0 Å². The van der Waals surface area contributed by atoms with Gasteiger partial charge in [0, 0.05) is 0 Å². The molecule has 0 amide bonds. The van der Waals surface area contributed by atoms with E-state index in [1.54, 1.807) is 13.3 Å². The summed E-state index contributed by atoms with van der Waals surface area (Å²) in [7, 11) is 0. The van der Waals surface area contributed by atoms with Crippen LogP contribution in [0.5, 0.6) is 0 Å². The van der Waals surface area contributed by atoms with Gasteiger partial charge in [-0.2, -0.15) is 0 Å². The van der Waals surface area contributed by atoms with Gasteiger partial charge in [-0.3, -0.25) is 0 Å². The molecule has 130 valence electrons. The second-order valence-electron chi connectivity index (χ2n) is 6.71. The molecule has 0 heterocycles. The molecule has 0 N–H and O–H groups in total. The maximum absolute atomic E-state index is 2.62. The van der Waals surface area contributed by atoms with Gasteiger partial charge in [-0.25, -0.2) is 0 Å². The zero-order valence-corrected chi connectivity index (χ0v) is 20.3. The van der Waals surface area contributed by atoms with Crippen LogP contribution in [0.25, 0.3) is 6.08 Å². The molecule has 0 fully saturated rings. The molecular formula is C21H36SeSn. The molecule has 1 aromatic carbocycles. The molecule has 0 aliphatic rings. The number of rotatable bonds is 12. The molecule has 0 aliphatic carbocycles. The summed E-state index contributed by atoms with van der Waals surface area (Å²) in [5.41, 5.74) is 1.44. The predicted octanol–water partition coefficient (Wildman–Crippen LogP) is 7.17. The number of unbranched alkanes of at least 4 members (excludes halogenated alkanes) is 3. The zero-order chi connectivity index (χ0) is 17.0.